The van der Waals surface area contributed by atoms with Crippen molar-refractivity contribution in [3.05, 3.63) is 28.8 Å². The third-order valence-corrected chi connectivity index (χ3v) is 3.72. The van der Waals surface area contributed by atoms with E-state index in [4.69, 9.17) is 11.6 Å². The Morgan fingerprint density at radius 3 is 3.00 bits per heavy atom. The first-order valence-electron chi connectivity index (χ1n) is 6.42. The van der Waals surface area contributed by atoms with Crippen LogP contribution < -0.4 is 10.2 Å². The molecule has 2 nitrogen and oxygen atoms in total. The fourth-order valence-electron chi connectivity index (χ4n) is 2.43. The fourth-order valence-corrected chi connectivity index (χ4v) is 2.79. The number of anilines is 1. The average molecular weight is 253 g/mol. The van der Waals surface area contributed by atoms with E-state index >= 15 is 0 Å². The molecule has 3 heteroatoms. The van der Waals surface area contributed by atoms with E-state index in [-0.39, 0.29) is 0 Å². The van der Waals surface area contributed by atoms with Crippen molar-refractivity contribution in [1.29, 1.82) is 0 Å². The van der Waals surface area contributed by atoms with Gasteiger partial charge >= 0.3 is 0 Å². The topological polar surface area (TPSA) is 15.3 Å². The predicted octanol–water partition coefficient (Wildman–Crippen LogP) is 3.08. The third kappa shape index (κ3) is 3.14. The van der Waals surface area contributed by atoms with Gasteiger partial charge in [0.05, 0.1) is 10.7 Å². The second-order valence-electron chi connectivity index (χ2n) is 4.86. The van der Waals surface area contributed by atoms with Gasteiger partial charge < -0.3 is 10.2 Å². The van der Waals surface area contributed by atoms with Gasteiger partial charge in [0.1, 0.15) is 0 Å². The molecule has 1 aromatic carbocycles. The number of rotatable bonds is 4. The normalized spacial score (nSPS) is 19.9. The molecular formula is C14H21ClN2. The highest BCUT2D eigenvalue weighted by Gasteiger charge is 2.23. The van der Waals surface area contributed by atoms with Crippen LogP contribution in [0.1, 0.15) is 18.9 Å². The number of nitrogens with one attached hydrogen (secondary N) is 1. The number of halogens is 1. The standard InChI is InChI=1S/C14H21ClN2/c1-3-16-9-12-6-7-17(10-12)14-5-4-11(2)8-13(14)15/h4-5,8,12,16H,3,6-7,9-10H2,1-2H3. The minimum Gasteiger partial charge on any atom is -0.370 e. The van der Waals surface area contributed by atoms with Crippen molar-refractivity contribution in [2.45, 2.75) is 20.3 Å². The Hall–Kier alpha value is -0.730. The van der Waals surface area contributed by atoms with Crippen LogP contribution in [0, 0.1) is 12.8 Å². The first-order chi connectivity index (χ1) is 8.20. The van der Waals surface area contributed by atoms with E-state index in [9.17, 15) is 0 Å². The van der Waals surface area contributed by atoms with Gasteiger partial charge in [-0.05, 0) is 50.0 Å². The molecule has 17 heavy (non-hydrogen) atoms. The largest absolute Gasteiger partial charge is 0.370 e. The zero-order valence-electron chi connectivity index (χ0n) is 10.7. The summed E-state index contributed by atoms with van der Waals surface area (Å²) in [5.74, 6) is 0.757. The zero-order valence-corrected chi connectivity index (χ0v) is 11.4. The number of benzene rings is 1. The van der Waals surface area contributed by atoms with Crippen molar-refractivity contribution in [3.63, 3.8) is 0 Å². The van der Waals surface area contributed by atoms with Crippen LogP contribution in [0.25, 0.3) is 0 Å². The van der Waals surface area contributed by atoms with E-state index in [1.165, 1.54) is 17.7 Å². The maximum Gasteiger partial charge on any atom is 0.0642 e. The third-order valence-electron chi connectivity index (χ3n) is 3.41. The molecule has 0 spiro atoms. The Bertz CT molecular complexity index is 378. The summed E-state index contributed by atoms with van der Waals surface area (Å²) in [6, 6.07) is 6.33. The highest BCUT2D eigenvalue weighted by molar-refractivity contribution is 6.33. The van der Waals surface area contributed by atoms with Crippen LogP contribution in [-0.4, -0.2) is 26.2 Å². The monoisotopic (exact) mass is 252 g/mol. The van der Waals surface area contributed by atoms with Crippen molar-refractivity contribution in [1.82, 2.24) is 5.32 Å². The Morgan fingerprint density at radius 2 is 2.29 bits per heavy atom. The maximum absolute atomic E-state index is 6.30. The second-order valence-corrected chi connectivity index (χ2v) is 5.27. The summed E-state index contributed by atoms with van der Waals surface area (Å²) in [7, 11) is 0. The van der Waals surface area contributed by atoms with Gasteiger partial charge in [0, 0.05) is 13.1 Å². The fraction of sp³-hybridized carbons (Fsp3) is 0.571. The number of hydrogen-bond donors (Lipinski definition) is 1. The highest BCUT2D eigenvalue weighted by Crippen LogP contribution is 2.30. The first-order valence-corrected chi connectivity index (χ1v) is 6.80. The SMILES string of the molecule is CCNCC1CCN(c2ccc(C)cc2Cl)C1. The molecule has 1 aromatic rings. The van der Waals surface area contributed by atoms with E-state index < -0.39 is 0 Å². The lowest BCUT2D eigenvalue weighted by atomic mass is 10.1. The molecule has 0 saturated carbocycles. The lowest BCUT2D eigenvalue weighted by Crippen LogP contribution is -2.26. The Kier molecular flexibility index (Phi) is 4.30. The number of aryl methyl sites for hydroxylation is 1. The van der Waals surface area contributed by atoms with Crippen molar-refractivity contribution in [2.24, 2.45) is 5.92 Å². The first kappa shape index (κ1) is 12.7. The van der Waals surface area contributed by atoms with Crippen LogP contribution in [0.4, 0.5) is 5.69 Å². The minimum atomic E-state index is 0.757. The Balaban J connectivity index is 2.00. The molecule has 0 radical (unpaired) electrons. The van der Waals surface area contributed by atoms with Crippen LogP contribution in [-0.2, 0) is 0 Å². The van der Waals surface area contributed by atoms with E-state index in [1.54, 1.807) is 0 Å². The molecule has 1 N–H and O–H groups in total. The molecule has 1 unspecified atom stereocenters. The quantitative estimate of drug-likeness (QED) is 0.886. The molecule has 1 aliphatic rings. The van der Waals surface area contributed by atoms with Gasteiger partial charge in [0.15, 0.2) is 0 Å². The van der Waals surface area contributed by atoms with Gasteiger partial charge in [-0.15, -0.1) is 0 Å². The van der Waals surface area contributed by atoms with Gasteiger partial charge in [-0.1, -0.05) is 24.6 Å². The summed E-state index contributed by atoms with van der Waals surface area (Å²) >= 11 is 6.30. The summed E-state index contributed by atoms with van der Waals surface area (Å²) in [4.78, 5) is 2.41. The van der Waals surface area contributed by atoms with Crippen LogP contribution in [0.5, 0.6) is 0 Å². The van der Waals surface area contributed by atoms with E-state index in [0.29, 0.717) is 0 Å². The Labute approximate surface area is 109 Å². The number of nitrogens with zero attached hydrogens (tertiary/aromatic N) is 1. The zero-order chi connectivity index (χ0) is 12.3. The van der Waals surface area contributed by atoms with Gasteiger partial charge in [-0.3, -0.25) is 0 Å². The molecule has 1 aliphatic heterocycles. The van der Waals surface area contributed by atoms with Gasteiger partial charge in [0.2, 0.25) is 0 Å². The van der Waals surface area contributed by atoms with Crippen molar-refractivity contribution in [2.75, 3.05) is 31.1 Å². The summed E-state index contributed by atoms with van der Waals surface area (Å²) in [6.07, 6.45) is 1.26. The summed E-state index contributed by atoms with van der Waals surface area (Å²) in [5.41, 5.74) is 2.42. The molecule has 1 saturated heterocycles. The molecular weight excluding hydrogens is 232 g/mol. The molecule has 1 atom stereocenters. The molecule has 94 valence electrons. The highest BCUT2D eigenvalue weighted by atomic mass is 35.5. The van der Waals surface area contributed by atoms with Crippen LogP contribution in [0.3, 0.4) is 0 Å². The molecule has 0 amide bonds. The number of hydrogen-bond acceptors (Lipinski definition) is 2. The lowest BCUT2D eigenvalue weighted by Gasteiger charge is -2.20. The van der Waals surface area contributed by atoms with Crippen LogP contribution in [0.15, 0.2) is 18.2 Å². The average Bonchev–Trinajstić information content (AvgIpc) is 2.75. The Morgan fingerprint density at radius 1 is 1.47 bits per heavy atom. The predicted molar refractivity (Wildman–Crippen MR) is 75.1 cm³/mol. The van der Waals surface area contributed by atoms with Crippen molar-refractivity contribution >= 4 is 17.3 Å². The van der Waals surface area contributed by atoms with E-state index in [1.807, 2.05) is 0 Å². The summed E-state index contributed by atoms with van der Waals surface area (Å²) < 4.78 is 0. The molecule has 0 aromatic heterocycles. The molecule has 0 bridgehead atoms. The van der Waals surface area contributed by atoms with Crippen molar-refractivity contribution < 1.29 is 0 Å². The maximum atomic E-state index is 6.30. The van der Waals surface area contributed by atoms with E-state index in [2.05, 4.69) is 42.3 Å². The molecule has 1 fully saturated rings. The molecule has 0 aliphatic carbocycles. The van der Waals surface area contributed by atoms with Crippen molar-refractivity contribution in [3.8, 4) is 0 Å². The molecule has 1 heterocycles. The van der Waals surface area contributed by atoms with Gasteiger partial charge in [-0.2, -0.15) is 0 Å². The second kappa shape index (κ2) is 5.74. The van der Waals surface area contributed by atoms with Gasteiger partial charge in [0.25, 0.3) is 0 Å². The summed E-state index contributed by atoms with van der Waals surface area (Å²) in [6.45, 7) is 8.66. The lowest BCUT2D eigenvalue weighted by molar-refractivity contribution is 0.528. The summed E-state index contributed by atoms with van der Waals surface area (Å²) in [5, 5.41) is 4.31. The smallest absolute Gasteiger partial charge is 0.0642 e. The van der Waals surface area contributed by atoms with E-state index in [0.717, 1.165) is 37.1 Å². The van der Waals surface area contributed by atoms with Crippen LogP contribution in [0.2, 0.25) is 5.02 Å². The minimum absolute atomic E-state index is 0.757. The molecule has 2 rings (SSSR count). The van der Waals surface area contributed by atoms with Crippen LogP contribution >= 0.6 is 11.6 Å². The van der Waals surface area contributed by atoms with Gasteiger partial charge in [-0.25, -0.2) is 0 Å².